The molecule has 2 N–H and O–H groups in total. The van der Waals surface area contributed by atoms with Gasteiger partial charge in [0.25, 0.3) is 0 Å². The maximum Gasteiger partial charge on any atom is 0.233 e. The Balaban J connectivity index is 3.50. The van der Waals surface area contributed by atoms with E-state index in [-0.39, 0.29) is 24.0 Å². The molecule has 0 atom stereocenters. The van der Waals surface area contributed by atoms with E-state index in [2.05, 4.69) is 10.6 Å². The summed E-state index contributed by atoms with van der Waals surface area (Å²) in [6.45, 7) is 4.76. The van der Waals surface area contributed by atoms with E-state index >= 15 is 0 Å². The van der Waals surface area contributed by atoms with Gasteiger partial charge in [0, 0.05) is 18.8 Å². The normalized spacial score (nSPS) is 11.3. The van der Waals surface area contributed by atoms with Gasteiger partial charge in [0.05, 0.1) is 12.3 Å². The summed E-state index contributed by atoms with van der Waals surface area (Å²) in [6.07, 6.45) is 0.899. The summed E-state index contributed by atoms with van der Waals surface area (Å²) < 4.78 is 22.2. The lowest BCUT2D eigenvalue weighted by atomic mass is 10.4. The van der Waals surface area contributed by atoms with Crippen molar-refractivity contribution in [2.45, 2.75) is 20.3 Å². The molecule has 0 bridgehead atoms. The van der Waals surface area contributed by atoms with Crippen LogP contribution in [0, 0.1) is 0 Å². The van der Waals surface area contributed by atoms with Gasteiger partial charge in [-0.15, -0.1) is 0 Å². The molecule has 5 nitrogen and oxygen atoms in total. The Morgan fingerprint density at radius 2 is 1.87 bits per heavy atom. The molecule has 0 aliphatic rings. The molecule has 15 heavy (non-hydrogen) atoms. The van der Waals surface area contributed by atoms with Gasteiger partial charge in [-0.25, -0.2) is 8.42 Å². The number of nitrogens with one attached hydrogen (secondary N) is 2. The standard InChI is InChI=1S/C9H20N2O3S/c1-3-5-11-9(12)8-10-6-7-15(13,14)4-2/h10H,3-8H2,1-2H3,(H,11,12). The zero-order valence-corrected chi connectivity index (χ0v) is 10.2. The van der Waals surface area contributed by atoms with E-state index in [0.717, 1.165) is 6.42 Å². The van der Waals surface area contributed by atoms with Crippen LogP contribution >= 0.6 is 0 Å². The molecule has 1 amide bonds. The van der Waals surface area contributed by atoms with Crippen LogP contribution in [-0.2, 0) is 14.6 Å². The number of amides is 1. The fourth-order valence-electron chi connectivity index (χ4n) is 0.901. The average Bonchev–Trinajstić information content (AvgIpc) is 2.21. The minimum atomic E-state index is -2.93. The van der Waals surface area contributed by atoms with E-state index in [9.17, 15) is 13.2 Å². The fourth-order valence-corrected chi connectivity index (χ4v) is 1.64. The first-order valence-electron chi connectivity index (χ1n) is 5.19. The molecule has 0 aromatic rings. The van der Waals surface area contributed by atoms with Crippen LogP contribution in [-0.4, -0.2) is 45.5 Å². The summed E-state index contributed by atoms with van der Waals surface area (Å²) in [4.78, 5) is 11.1. The first kappa shape index (κ1) is 14.4. The maximum absolute atomic E-state index is 11.1. The van der Waals surface area contributed by atoms with Crippen molar-refractivity contribution in [2.75, 3.05) is 31.1 Å². The van der Waals surface area contributed by atoms with E-state index < -0.39 is 9.84 Å². The molecule has 0 aromatic heterocycles. The summed E-state index contributed by atoms with van der Waals surface area (Å²) in [5.41, 5.74) is 0. The SMILES string of the molecule is CCCNC(=O)CNCCS(=O)(=O)CC. The largest absolute Gasteiger partial charge is 0.355 e. The van der Waals surface area contributed by atoms with E-state index in [1.165, 1.54) is 0 Å². The molecule has 0 heterocycles. The van der Waals surface area contributed by atoms with Gasteiger partial charge in [0.2, 0.25) is 5.91 Å². The van der Waals surface area contributed by atoms with Crippen molar-refractivity contribution in [1.29, 1.82) is 0 Å². The molecule has 0 rings (SSSR count). The summed E-state index contributed by atoms with van der Waals surface area (Å²) >= 11 is 0. The summed E-state index contributed by atoms with van der Waals surface area (Å²) in [5, 5.41) is 5.49. The zero-order valence-electron chi connectivity index (χ0n) is 9.38. The van der Waals surface area contributed by atoms with Crippen LogP contribution in [0.4, 0.5) is 0 Å². The molecule has 0 spiro atoms. The van der Waals surface area contributed by atoms with Crippen molar-refractivity contribution in [3.8, 4) is 0 Å². The van der Waals surface area contributed by atoms with E-state index in [4.69, 9.17) is 0 Å². The van der Waals surface area contributed by atoms with E-state index in [1.807, 2.05) is 6.92 Å². The second kappa shape index (κ2) is 7.64. The lowest BCUT2D eigenvalue weighted by molar-refractivity contribution is -0.120. The molecular formula is C9H20N2O3S. The monoisotopic (exact) mass is 236 g/mol. The topological polar surface area (TPSA) is 75.3 Å². The van der Waals surface area contributed by atoms with Gasteiger partial charge in [-0.2, -0.15) is 0 Å². The molecule has 0 aliphatic carbocycles. The van der Waals surface area contributed by atoms with Gasteiger partial charge in [-0.3, -0.25) is 4.79 Å². The minimum Gasteiger partial charge on any atom is -0.355 e. The Morgan fingerprint density at radius 3 is 2.40 bits per heavy atom. The highest BCUT2D eigenvalue weighted by Crippen LogP contribution is 1.86. The third-order valence-electron chi connectivity index (χ3n) is 1.89. The Bertz CT molecular complexity index is 275. The first-order chi connectivity index (χ1) is 7.02. The van der Waals surface area contributed by atoms with Crippen LogP contribution in [0.15, 0.2) is 0 Å². The second-order valence-corrected chi connectivity index (χ2v) is 5.74. The Labute approximate surface area is 91.5 Å². The first-order valence-corrected chi connectivity index (χ1v) is 7.01. The van der Waals surface area contributed by atoms with Gasteiger partial charge in [0.1, 0.15) is 0 Å². The van der Waals surface area contributed by atoms with Gasteiger partial charge in [-0.1, -0.05) is 13.8 Å². The minimum absolute atomic E-state index is 0.0879. The number of carbonyl (C=O) groups excluding carboxylic acids is 1. The molecule has 90 valence electrons. The van der Waals surface area contributed by atoms with Crippen LogP contribution < -0.4 is 10.6 Å². The van der Waals surface area contributed by atoms with Crippen molar-refractivity contribution in [2.24, 2.45) is 0 Å². The number of sulfone groups is 1. The number of hydrogen-bond donors (Lipinski definition) is 2. The summed E-state index contributed by atoms with van der Waals surface area (Å²) in [5.74, 6) is 0.145. The average molecular weight is 236 g/mol. The third kappa shape index (κ3) is 8.38. The smallest absolute Gasteiger partial charge is 0.233 e. The molecular weight excluding hydrogens is 216 g/mol. The maximum atomic E-state index is 11.1. The van der Waals surface area contributed by atoms with Crippen molar-refractivity contribution in [3.05, 3.63) is 0 Å². The van der Waals surface area contributed by atoms with Crippen molar-refractivity contribution in [3.63, 3.8) is 0 Å². The number of hydrogen-bond acceptors (Lipinski definition) is 4. The molecule has 6 heteroatoms. The van der Waals surface area contributed by atoms with Crippen LogP contribution in [0.3, 0.4) is 0 Å². The highest BCUT2D eigenvalue weighted by atomic mass is 32.2. The molecule has 0 aromatic carbocycles. The Morgan fingerprint density at radius 1 is 1.20 bits per heavy atom. The van der Waals surface area contributed by atoms with Crippen LogP contribution in [0.5, 0.6) is 0 Å². The van der Waals surface area contributed by atoms with Crippen molar-refractivity contribution < 1.29 is 13.2 Å². The highest BCUT2D eigenvalue weighted by Gasteiger charge is 2.06. The number of rotatable bonds is 8. The molecule has 0 saturated carbocycles. The zero-order chi connectivity index (χ0) is 11.7. The van der Waals surface area contributed by atoms with E-state index in [0.29, 0.717) is 13.1 Å². The van der Waals surface area contributed by atoms with Gasteiger partial charge >= 0.3 is 0 Å². The lowest BCUT2D eigenvalue weighted by Gasteiger charge is -2.05. The molecule has 0 fully saturated rings. The fraction of sp³-hybridized carbons (Fsp3) is 0.889. The van der Waals surface area contributed by atoms with Crippen LogP contribution in [0.1, 0.15) is 20.3 Å². The quantitative estimate of drug-likeness (QED) is 0.559. The van der Waals surface area contributed by atoms with Crippen LogP contribution in [0.25, 0.3) is 0 Å². The third-order valence-corrected chi connectivity index (χ3v) is 3.59. The summed E-state index contributed by atoms with van der Waals surface area (Å²) in [6, 6.07) is 0. The predicted molar refractivity (Wildman–Crippen MR) is 60.5 cm³/mol. The van der Waals surface area contributed by atoms with Gasteiger partial charge in [-0.05, 0) is 6.42 Å². The van der Waals surface area contributed by atoms with Crippen molar-refractivity contribution in [1.82, 2.24) is 10.6 Å². The molecule has 0 radical (unpaired) electrons. The van der Waals surface area contributed by atoms with Crippen LogP contribution in [0.2, 0.25) is 0 Å². The van der Waals surface area contributed by atoms with Gasteiger partial charge in [0.15, 0.2) is 9.84 Å². The predicted octanol–water partition coefficient (Wildman–Crippen LogP) is -0.463. The molecule has 0 saturated heterocycles. The highest BCUT2D eigenvalue weighted by molar-refractivity contribution is 7.91. The molecule has 0 aliphatic heterocycles. The molecule has 0 unspecified atom stereocenters. The van der Waals surface area contributed by atoms with Gasteiger partial charge < -0.3 is 10.6 Å². The number of carbonyl (C=O) groups is 1. The van der Waals surface area contributed by atoms with Crippen molar-refractivity contribution >= 4 is 15.7 Å². The Hall–Kier alpha value is -0.620. The lowest BCUT2D eigenvalue weighted by Crippen LogP contribution is -2.36. The van der Waals surface area contributed by atoms with E-state index in [1.54, 1.807) is 6.92 Å². The summed E-state index contributed by atoms with van der Waals surface area (Å²) in [7, 11) is -2.93. The Kier molecular flexibility index (Phi) is 7.33. The second-order valence-electron chi connectivity index (χ2n) is 3.26.